The van der Waals surface area contributed by atoms with E-state index in [0.29, 0.717) is 9.13 Å². The van der Waals surface area contributed by atoms with Gasteiger partial charge in [-0.05, 0) is 48.2 Å². The zero-order valence-electron chi connectivity index (χ0n) is 18.6. The number of hydrogen-bond donors (Lipinski definition) is 1. The van der Waals surface area contributed by atoms with Gasteiger partial charge in [0.15, 0.2) is 0 Å². The van der Waals surface area contributed by atoms with Crippen LogP contribution in [-0.2, 0) is 23.5 Å². The minimum absolute atomic E-state index is 0.0770. The molecule has 4 rings (SSSR count). The van der Waals surface area contributed by atoms with Crippen molar-refractivity contribution in [2.24, 2.45) is 17.8 Å². The standard InChI is InChI=1S/C23H25FIN5O2S/c1-6-17-15(11-23(2)13-33(31,32)30(5)22(26)28-23)10-18(24)21(25-3)20(17)14-7-8-19-16(9-14)12-27-29(19)4/h6-10,12H,1,3,11,13H2,2,4-5H3,(H2,26,28)/t23-/m1/s1. The van der Waals surface area contributed by atoms with E-state index in [1.165, 1.54) is 13.1 Å². The maximum atomic E-state index is 15.4. The lowest BCUT2D eigenvalue weighted by Gasteiger charge is -2.34. The molecule has 0 amide bonds. The van der Waals surface area contributed by atoms with Crippen LogP contribution in [-0.4, -0.2) is 51.3 Å². The minimum atomic E-state index is -3.62. The van der Waals surface area contributed by atoms with Crippen LogP contribution in [0, 0.1) is 9.39 Å². The highest BCUT2D eigenvalue weighted by atomic mass is 127. The van der Waals surface area contributed by atoms with Gasteiger partial charge in [0.2, 0.25) is 16.0 Å². The van der Waals surface area contributed by atoms with Crippen molar-refractivity contribution in [3.05, 3.63) is 57.6 Å². The lowest BCUT2D eigenvalue weighted by atomic mass is 9.87. The first-order chi connectivity index (χ1) is 15.5. The van der Waals surface area contributed by atoms with E-state index >= 15 is 4.39 Å². The molecule has 0 radical (unpaired) electrons. The smallest absolute Gasteiger partial charge is 0.239 e. The fraction of sp³-hybridized carbons (Fsp3) is 0.261. The second kappa shape index (κ2) is 8.32. The molecule has 2 N–H and O–H groups in total. The predicted octanol–water partition coefficient (Wildman–Crippen LogP) is 3.49. The van der Waals surface area contributed by atoms with E-state index in [1.54, 1.807) is 23.9 Å². The number of nitrogens with zero attached hydrogens (tertiary/aromatic N) is 4. The first-order valence-electron chi connectivity index (χ1n) is 10.1. The summed E-state index contributed by atoms with van der Waals surface area (Å²) in [5.74, 6) is -0.654. The zero-order valence-corrected chi connectivity index (χ0v) is 21.6. The summed E-state index contributed by atoms with van der Waals surface area (Å²) in [6.45, 7) is 5.71. The molecule has 0 fully saturated rings. The summed E-state index contributed by atoms with van der Waals surface area (Å²) in [6, 6.07) is 7.34. The van der Waals surface area contributed by atoms with Crippen LogP contribution < -0.4 is 5.73 Å². The van der Waals surface area contributed by atoms with Gasteiger partial charge < -0.3 is 5.73 Å². The largest absolute Gasteiger partial charge is 0.369 e. The third-order valence-electron chi connectivity index (χ3n) is 5.91. The maximum Gasteiger partial charge on any atom is 0.239 e. The summed E-state index contributed by atoms with van der Waals surface area (Å²) in [5.41, 5.74) is 8.79. The van der Waals surface area contributed by atoms with Crippen molar-refractivity contribution in [2.75, 3.05) is 12.8 Å². The fourth-order valence-electron chi connectivity index (χ4n) is 4.32. The highest BCUT2D eigenvalue weighted by Gasteiger charge is 2.39. The third kappa shape index (κ3) is 4.10. The second-order valence-electron chi connectivity index (χ2n) is 8.37. The van der Waals surface area contributed by atoms with E-state index in [-0.39, 0.29) is 24.0 Å². The van der Waals surface area contributed by atoms with Crippen molar-refractivity contribution < 1.29 is 12.8 Å². The Morgan fingerprint density at radius 1 is 1.33 bits per heavy atom. The second-order valence-corrected chi connectivity index (χ2v) is 12.2. The molecule has 2 aromatic carbocycles. The summed E-state index contributed by atoms with van der Waals surface area (Å²) in [6.07, 6.45) is 3.66. The summed E-state index contributed by atoms with van der Waals surface area (Å²) in [5, 5.41) is 5.23. The number of benzene rings is 2. The molecule has 0 aliphatic carbocycles. The molecule has 0 bridgehead atoms. The number of aryl methyl sites for hydroxylation is 1. The van der Waals surface area contributed by atoms with Crippen LogP contribution in [0.15, 0.2) is 42.0 Å². The number of aliphatic imine (C=N–C) groups is 1. The SMILES string of the molecule is C=Cc1c(C[C@]2(C)CS(=O)(=O)N(C)C(N)=N2)cc(F)c(I=C)c1-c1ccc2c(cnn2C)c1. The molecule has 33 heavy (non-hydrogen) atoms. The number of guanidine groups is 1. The fourth-order valence-corrected chi connectivity index (χ4v) is 7.29. The van der Waals surface area contributed by atoms with Crippen LogP contribution in [0.1, 0.15) is 18.1 Å². The van der Waals surface area contributed by atoms with E-state index in [4.69, 9.17) is 5.73 Å². The van der Waals surface area contributed by atoms with Gasteiger partial charge in [-0.3, -0.25) is 4.68 Å². The van der Waals surface area contributed by atoms with Crippen LogP contribution >= 0.6 is 20.7 Å². The summed E-state index contributed by atoms with van der Waals surface area (Å²) >= 11 is -0.841. The number of aromatic nitrogens is 2. The van der Waals surface area contributed by atoms with Crippen molar-refractivity contribution in [2.45, 2.75) is 18.9 Å². The monoisotopic (exact) mass is 581 g/mol. The molecule has 0 saturated heterocycles. The van der Waals surface area contributed by atoms with Crippen molar-refractivity contribution in [1.82, 2.24) is 14.1 Å². The average molecular weight is 581 g/mol. The first-order valence-corrected chi connectivity index (χ1v) is 14.3. The Hall–Kier alpha value is -2.60. The van der Waals surface area contributed by atoms with Crippen LogP contribution in [0.25, 0.3) is 28.1 Å². The van der Waals surface area contributed by atoms with Gasteiger partial charge in [-0.2, -0.15) is 5.10 Å². The van der Waals surface area contributed by atoms with Gasteiger partial charge in [-0.15, -0.1) is 0 Å². The molecule has 1 aromatic heterocycles. The first kappa shape index (κ1) is 23.6. The normalized spacial score (nSPS) is 20.1. The van der Waals surface area contributed by atoms with Crippen LogP contribution in [0.5, 0.6) is 0 Å². The molecule has 174 valence electrons. The molecule has 0 unspecified atom stereocenters. The molecular weight excluding hydrogens is 556 g/mol. The number of nitrogens with two attached hydrogens (primary N) is 1. The maximum absolute atomic E-state index is 15.4. The van der Waals surface area contributed by atoms with Crippen molar-refractivity contribution in [3.8, 4) is 11.1 Å². The Morgan fingerprint density at radius 2 is 2.06 bits per heavy atom. The van der Waals surface area contributed by atoms with E-state index in [0.717, 1.165) is 31.9 Å². The van der Waals surface area contributed by atoms with Gasteiger partial charge in [0.05, 0.1) is 26.6 Å². The lowest BCUT2D eigenvalue weighted by Crippen LogP contribution is -2.52. The van der Waals surface area contributed by atoms with Gasteiger partial charge in [-0.25, -0.2) is 22.1 Å². The number of hydrogen-bond acceptors (Lipinski definition) is 5. The summed E-state index contributed by atoms with van der Waals surface area (Å²) in [4.78, 5) is 4.45. The predicted molar refractivity (Wildman–Crippen MR) is 141 cm³/mol. The molecule has 1 aliphatic heterocycles. The van der Waals surface area contributed by atoms with E-state index in [9.17, 15) is 8.42 Å². The quantitative estimate of drug-likeness (QED) is 0.467. The van der Waals surface area contributed by atoms with Gasteiger partial charge in [0.1, 0.15) is 5.82 Å². The van der Waals surface area contributed by atoms with Crippen molar-refractivity contribution in [1.29, 1.82) is 0 Å². The van der Waals surface area contributed by atoms with E-state index < -0.39 is 36.3 Å². The molecule has 1 atom stereocenters. The van der Waals surface area contributed by atoms with Crippen LogP contribution in [0.2, 0.25) is 0 Å². The average Bonchev–Trinajstić information content (AvgIpc) is 3.11. The van der Waals surface area contributed by atoms with E-state index in [1.807, 2.05) is 25.2 Å². The van der Waals surface area contributed by atoms with Gasteiger partial charge >= 0.3 is 0 Å². The van der Waals surface area contributed by atoms with Gasteiger partial charge in [0.25, 0.3) is 0 Å². The van der Waals surface area contributed by atoms with Gasteiger partial charge in [0, 0.05) is 25.0 Å². The highest BCUT2D eigenvalue weighted by molar-refractivity contribution is 14.2. The number of sulfonamides is 1. The van der Waals surface area contributed by atoms with Gasteiger partial charge in [-0.1, -0.05) is 44.0 Å². The minimum Gasteiger partial charge on any atom is -0.369 e. The van der Waals surface area contributed by atoms with Crippen molar-refractivity contribution >= 4 is 58.2 Å². The molecule has 0 spiro atoms. The highest BCUT2D eigenvalue weighted by Crippen LogP contribution is 2.38. The molecule has 2 heterocycles. The number of rotatable bonds is 5. The summed E-state index contributed by atoms with van der Waals surface area (Å²) in [7, 11) is -0.376. The molecule has 0 saturated carbocycles. The Morgan fingerprint density at radius 3 is 2.70 bits per heavy atom. The summed E-state index contributed by atoms with van der Waals surface area (Å²) < 4.78 is 47.9. The molecular formula is C23H25FIN5O2S. The van der Waals surface area contributed by atoms with Crippen LogP contribution in [0.3, 0.4) is 0 Å². The topological polar surface area (TPSA) is 93.6 Å². The molecule has 3 aromatic rings. The third-order valence-corrected chi connectivity index (χ3v) is 9.73. The van der Waals surface area contributed by atoms with E-state index in [2.05, 4.69) is 21.2 Å². The lowest BCUT2D eigenvalue weighted by molar-refractivity contribution is 0.460. The zero-order chi connectivity index (χ0) is 24.1. The Balaban J connectivity index is 1.91. The van der Waals surface area contributed by atoms with Crippen molar-refractivity contribution in [3.63, 3.8) is 0 Å². The van der Waals surface area contributed by atoms with Crippen LogP contribution in [0.4, 0.5) is 4.39 Å². The number of fused-ring (bicyclic) bond motifs is 1. The Bertz CT molecular complexity index is 1450. The molecule has 1 aliphatic rings. The Kier molecular flexibility index (Phi) is 5.94. The number of halogens is 2. The Labute approximate surface area is 202 Å². The molecule has 10 heteroatoms. The molecule has 7 nitrogen and oxygen atoms in total.